The minimum atomic E-state index is -0.0270. The highest BCUT2D eigenvalue weighted by Gasteiger charge is 2.12. The summed E-state index contributed by atoms with van der Waals surface area (Å²) < 4.78 is 0. The Balaban J connectivity index is 1.82. The van der Waals surface area contributed by atoms with Gasteiger partial charge in [0.15, 0.2) is 0 Å². The standard InChI is InChI=1S/C22H28N2O2/c1-17(2)20-10-12-21(13-11-20)24(18(3)25)16-15-23-22(26)14-9-19-7-5-4-6-8-19/h4-8,10-13,17H,9,14-16H2,1-3H3,(H,23,26). The number of nitrogens with zero attached hydrogens (tertiary/aromatic N) is 1. The van der Waals surface area contributed by atoms with Gasteiger partial charge in [0.1, 0.15) is 0 Å². The van der Waals surface area contributed by atoms with E-state index in [4.69, 9.17) is 0 Å². The summed E-state index contributed by atoms with van der Waals surface area (Å²) in [6.07, 6.45) is 1.17. The van der Waals surface area contributed by atoms with E-state index >= 15 is 0 Å². The summed E-state index contributed by atoms with van der Waals surface area (Å²) in [5, 5.41) is 2.90. The van der Waals surface area contributed by atoms with Crippen LogP contribution in [0.4, 0.5) is 5.69 Å². The zero-order valence-corrected chi connectivity index (χ0v) is 15.9. The Bertz CT molecular complexity index is 709. The lowest BCUT2D eigenvalue weighted by Crippen LogP contribution is -2.37. The molecule has 1 N–H and O–H groups in total. The van der Waals surface area contributed by atoms with Crippen molar-refractivity contribution in [1.82, 2.24) is 5.32 Å². The van der Waals surface area contributed by atoms with Crippen LogP contribution in [0.3, 0.4) is 0 Å². The van der Waals surface area contributed by atoms with Crippen LogP contribution in [0, 0.1) is 0 Å². The van der Waals surface area contributed by atoms with E-state index < -0.39 is 0 Å². The average molecular weight is 352 g/mol. The van der Waals surface area contributed by atoms with Crippen molar-refractivity contribution in [3.63, 3.8) is 0 Å². The molecule has 0 radical (unpaired) electrons. The van der Waals surface area contributed by atoms with Gasteiger partial charge in [-0.25, -0.2) is 0 Å². The van der Waals surface area contributed by atoms with Crippen LogP contribution in [-0.4, -0.2) is 24.9 Å². The van der Waals surface area contributed by atoms with Crippen LogP contribution in [0.1, 0.15) is 44.2 Å². The Morgan fingerprint density at radius 1 is 1.00 bits per heavy atom. The summed E-state index contributed by atoms with van der Waals surface area (Å²) in [6.45, 7) is 6.74. The van der Waals surface area contributed by atoms with E-state index in [1.54, 1.807) is 11.8 Å². The summed E-state index contributed by atoms with van der Waals surface area (Å²) in [5.74, 6) is 0.437. The molecule has 0 heterocycles. The normalized spacial score (nSPS) is 10.6. The number of aryl methyl sites for hydroxylation is 1. The van der Waals surface area contributed by atoms with Crippen LogP contribution >= 0.6 is 0 Å². The molecule has 0 saturated heterocycles. The van der Waals surface area contributed by atoms with Crippen LogP contribution in [-0.2, 0) is 16.0 Å². The Hall–Kier alpha value is -2.62. The molecule has 0 bridgehead atoms. The molecular weight excluding hydrogens is 324 g/mol. The molecule has 0 saturated carbocycles. The van der Waals surface area contributed by atoms with E-state index in [1.165, 1.54) is 5.56 Å². The second kappa shape index (κ2) is 9.76. The van der Waals surface area contributed by atoms with E-state index in [1.807, 2.05) is 54.6 Å². The molecule has 138 valence electrons. The lowest BCUT2D eigenvalue weighted by atomic mass is 10.0. The fourth-order valence-corrected chi connectivity index (χ4v) is 2.81. The van der Waals surface area contributed by atoms with E-state index in [0.29, 0.717) is 25.4 Å². The van der Waals surface area contributed by atoms with Crippen molar-refractivity contribution in [2.45, 2.75) is 39.5 Å². The molecule has 0 aliphatic rings. The van der Waals surface area contributed by atoms with E-state index in [2.05, 4.69) is 19.2 Å². The average Bonchev–Trinajstić information content (AvgIpc) is 2.64. The molecule has 0 spiro atoms. The number of nitrogens with one attached hydrogen (secondary N) is 1. The zero-order valence-electron chi connectivity index (χ0n) is 15.9. The number of carbonyl (C=O) groups is 2. The smallest absolute Gasteiger partial charge is 0.223 e. The minimum absolute atomic E-state index is 0.00695. The number of hydrogen-bond donors (Lipinski definition) is 1. The number of benzene rings is 2. The molecule has 0 aromatic heterocycles. The van der Waals surface area contributed by atoms with E-state index in [0.717, 1.165) is 17.7 Å². The maximum atomic E-state index is 12.0. The molecular formula is C22H28N2O2. The third-order valence-corrected chi connectivity index (χ3v) is 4.39. The monoisotopic (exact) mass is 352 g/mol. The van der Waals surface area contributed by atoms with Crippen LogP contribution in [0.2, 0.25) is 0 Å². The SMILES string of the molecule is CC(=O)N(CCNC(=O)CCc1ccccc1)c1ccc(C(C)C)cc1. The molecule has 0 aliphatic heterocycles. The third-order valence-electron chi connectivity index (χ3n) is 4.39. The number of hydrogen-bond acceptors (Lipinski definition) is 2. The predicted molar refractivity (Wildman–Crippen MR) is 106 cm³/mol. The Kier molecular flexibility index (Phi) is 7.39. The fraction of sp³-hybridized carbons (Fsp3) is 0.364. The number of anilines is 1. The van der Waals surface area contributed by atoms with Crippen molar-refractivity contribution in [1.29, 1.82) is 0 Å². The molecule has 0 aliphatic carbocycles. The van der Waals surface area contributed by atoms with Crippen molar-refractivity contribution in [3.8, 4) is 0 Å². The Morgan fingerprint density at radius 3 is 2.23 bits per heavy atom. The Labute approximate surface area is 156 Å². The Morgan fingerprint density at radius 2 is 1.65 bits per heavy atom. The summed E-state index contributed by atoms with van der Waals surface area (Å²) in [4.78, 5) is 25.7. The van der Waals surface area contributed by atoms with E-state index in [9.17, 15) is 9.59 Å². The van der Waals surface area contributed by atoms with Gasteiger partial charge in [0.2, 0.25) is 11.8 Å². The number of rotatable bonds is 8. The second-order valence-corrected chi connectivity index (χ2v) is 6.75. The molecule has 4 nitrogen and oxygen atoms in total. The maximum absolute atomic E-state index is 12.0. The van der Waals surface area contributed by atoms with Gasteiger partial charge in [0.05, 0.1) is 0 Å². The quantitative estimate of drug-likeness (QED) is 0.783. The van der Waals surface area contributed by atoms with Gasteiger partial charge in [-0.05, 0) is 35.6 Å². The number of amides is 2. The topological polar surface area (TPSA) is 49.4 Å². The first-order valence-corrected chi connectivity index (χ1v) is 9.16. The first-order valence-electron chi connectivity index (χ1n) is 9.16. The van der Waals surface area contributed by atoms with Crippen LogP contribution in [0.15, 0.2) is 54.6 Å². The van der Waals surface area contributed by atoms with Gasteiger partial charge in [0.25, 0.3) is 0 Å². The van der Waals surface area contributed by atoms with Crippen molar-refractivity contribution in [3.05, 3.63) is 65.7 Å². The fourth-order valence-electron chi connectivity index (χ4n) is 2.81. The van der Waals surface area contributed by atoms with Crippen LogP contribution < -0.4 is 10.2 Å². The summed E-state index contributed by atoms with van der Waals surface area (Å²) in [6, 6.07) is 18.0. The van der Waals surface area contributed by atoms with Crippen molar-refractivity contribution >= 4 is 17.5 Å². The maximum Gasteiger partial charge on any atom is 0.223 e. The van der Waals surface area contributed by atoms with Crippen LogP contribution in [0.5, 0.6) is 0 Å². The number of carbonyl (C=O) groups excluding carboxylic acids is 2. The molecule has 0 fully saturated rings. The lowest BCUT2D eigenvalue weighted by molar-refractivity contribution is -0.121. The van der Waals surface area contributed by atoms with Gasteiger partial charge in [-0.3, -0.25) is 9.59 Å². The summed E-state index contributed by atoms with van der Waals surface area (Å²) in [5.41, 5.74) is 3.25. The molecule has 2 amide bonds. The third kappa shape index (κ3) is 6.03. The summed E-state index contributed by atoms with van der Waals surface area (Å²) >= 11 is 0. The molecule has 26 heavy (non-hydrogen) atoms. The molecule has 2 aromatic rings. The van der Waals surface area contributed by atoms with Gasteiger partial charge in [-0.1, -0.05) is 56.3 Å². The molecule has 0 unspecified atom stereocenters. The highest BCUT2D eigenvalue weighted by molar-refractivity contribution is 5.91. The largest absolute Gasteiger partial charge is 0.354 e. The first kappa shape index (κ1) is 19.7. The van der Waals surface area contributed by atoms with Crippen molar-refractivity contribution < 1.29 is 9.59 Å². The minimum Gasteiger partial charge on any atom is -0.354 e. The van der Waals surface area contributed by atoms with Crippen molar-refractivity contribution in [2.75, 3.05) is 18.0 Å². The molecule has 4 heteroatoms. The second-order valence-electron chi connectivity index (χ2n) is 6.75. The van der Waals surface area contributed by atoms with Gasteiger partial charge in [-0.2, -0.15) is 0 Å². The predicted octanol–water partition coefficient (Wildman–Crippen LogP) is 3.91. The highest BCUT2D eigenvalue weighted by Crippen LogP contribution is 2.20. The van der Waals surface area contributed by atoms with Gasteiger partial charge in [0, 0.05) is 32.1 Å². The zero-order chi connectivity index (χ0) is 18.9. The first-order chi connectivity index (χ1) is 12.5. The van der Waals surface area contributed by atoms with E-state index in [-0.39, 0.29) is 11.8 Å². The molecule has 0 atom stereocenters. The van der Waals surface area contributed by atoms with Crippen molar-refractivity contribution in [2.24, 2.45) is 0 Å². The van der Waals surface area contributed by atoms with Gasteiger partial charge in [-0.15, -0.1) is 0 Å². The highest BCUT2D eigenvalue weighted by atomic mass is 16.2. The van der Waals surface area contributed by atoms with Gasteiger partial charge >= 0.3 is 0 Å². The summed E-state index contributed by atoms with van der Waals surface area (Å²) in [7, 11) is 0. The molecule has 2 rings (SSSR count). The lowest BCUT2D eigenvalue weighted by Gasteiger charge is -2.22. The molecule has 2 aromatic carbocycles. The van der Waals surface area contributed by atoms with Crippen LogP contribution in [0.25, 0.3) is 0 Å². The van der Waals surface area contributed by atoms with Gasteiger partial charge < -0.3 is 10.2 Å².